The monoisotopic (exact) mass is 268 g/mol. The van der Waals surface area contributed by atoms with Crippen molar-refractivity contribution in [3.05, 3.63) is 22.2 Å². The molecule has 0 aromatic carbocycles. The lowest BCUT2D eigenvalue weighted by molar-refractivity contribution is -0.0173. The molecule has 4 N–H and O–H groups in total. The first kappa shape index (κ1) is 13.3. The Hall–Kier alpha value is -2.10. The summed E-state index contributed by atoms with van der Waals surface area (Å²) in [5, 5.41) is 27.7. The quantitative estimate of drug-likeness (QED) is 0.504. The zero-order chi connectivity index (χ0) is 14.0. The summed E-state index contributed by atoms with van der Waals surface area (Å²) in [5.41, 5.74) is -0.661. The highest BCUT2D eigenvalue weighted by molar-refractivity contribution is 5.68. The van der Waals surface area contributed by atoms with Crippen molar-refractivity contribution in [3.8, 4) is 6.01 Å². The number of nitrogens with one attached hydrogen (secondary N) is 1. The summed E-state index contributed by atoms with van der Waals surface area (Å²) in [5.74, 6) is 0. The van der Waals surface area contributed by atoms with Gasteiger partial charge in [-0.3, -0.25) is 9.78 Å². The number of hydrogen-bond donors (Lipinski definition) is 4. The van der Waals surface area contributed by atoms with Crippen molar-refractivity contribution >= 4 is 11.2 Å². The number of aliphatic hydroxyl groups excluding tert-OH is 3. The SMILES string of the molecule is COc1nc2ncc([C@H](O)[C@@H](O)CO)nc2c(=O)[nH]1. The van der Waals surface area contributed by atoms with Crippen LogP contribution in [0.4, 0.5) is 0 Å². The van der Waals surface area contributed by atoms with Crippen LogP contribution in [0.1, 0.15) is 11.8 Å². The number of aromatic amines is 1. The molecule has 0 radical (unpaired) electrons. The van der Waals surface area contributed by atoms with Crippen molar-refractivity contribution < 1.29 is 20.1 Å². The molecule has 2 aromatic heterocycles. The van der Waals surface area contributed by atoms with Crippen molar-refractivity contribution in [1.82, 2.24) is 19.9 Å². The van der Waals surface area contributed by atoms with Crippen LogP contribution >= 0.6 is 0 Å². The van der Waals surface area contributed by atoms with E-state index < -0.39 is 24.4 Å². The van der Waals surface area contributed by atoms with Crippen molar-refractivity contribution in [2.45, 2.75) is 12.2 Å². The zero-order valence-electron chi connectivity index (χ0n) is 9.94. The van der Waals surface area contributed by atoms with Crippen molar-refractivity contribution in [1.29, 1.82) is 0 Å². The fourth-order valence-electron chi connectivity index (χ4n) is 1.45. The molecule has 0 saturated carbocycles. The Labute approximate surface area is 106 Å². The first-order valence-electron chi connectivity index (χ1n) is 5.34. The van der Waals surface area contributed by atoms with Gasteiger partial charge >= 0.3 is 0 Å². The molecule has 0 fully saturated rings. The number of rotatable bonds is 4. The highest BCUT2D eigenvalue weighted by atomic mass is 16.5. The maximum absolute atomic E-state index is 11.7. The maximum Gasteiger partial charge on any atom is 0.298 e. The van der Waals surface area contributed by atoms with Crippen molar-refractivity contribution in [2.24, 2.45) is 0 Å². The average Bonchev–Trinajstić information content (AvgIpc) is 2.45. The second-order valence-corrected chi connectivity index (χ2v) is 3.74. The number of nitrogens with zero attached hydrogens (tertiary/aromatic N) is 3. The summed E-state index contributed by atoms with van der Waals surface area (Å²) in [7, 11) is 1.34. The lowest BCUT2D eigenvalue weighted by Gasteiger charge is -2.14. The van der Waals surface area contributed by atoms with Gasteiger partial charge in [-0.1, -0.05) is 0 Å². The zero-order valence-corrected chi connectivity index (χ0v) is 9.94. The van der Waals surface area contributed by atoms with Crippen LogP contribution in [0.3, 0.4) is 0 Å². The van der Waals surface area contributed by atoms with Gasteiger partial charge in [-0.15, -0.1) is 0 Å². The van der Waals surface area contributed by atoms with Gasteiger partial charge in [0.2, 0.25) is 0 Å². The van der Waals surface area contributed by atoms with E-state index in [0.717, 1.165) is 6.20 Å². The highest BCUT2D eigenvalue weighted by Crippen LogP contribution is 2.15. The van der Waals surface area contributed by atoms with Gasteiger partial charge in [0, 0.05) is 0 Å². The Morgan fingerprint density at radius 2 is 2.16 bits per heavy atom. The Morgan fingerprint density at radius 3 is 2.79 bits per heavy atom. The van der Waals surface area contributed by atoms with Crippen LogP contribution in [-0.2, 0) is 0 Å². The summed E-state index contributed by atoms with van der Waals surface area (Å²) in [6, 6.07) is -0.00417. The van der Waals surface area contributed by atoms with E-state index >= 15 is 0 Å². The van der Waals surface area contributed by atoms with Crippen LogP contribution < -0.4 is 10.3 Å². The summed E-state index contributed by atoms with van der Waals surface area (Å²) < 4.78 is 4.78. The molecule has 9 nitrogen and oxygen atoms in total. The summed E-state index contributed by atoms with van der Waals surface area (Å²) >= 11 is 0. The van der Waals surface area contributed by atoms with E-state index in [2.05, 4.69) is 19.9 Å². The number of aromatic nitrogens is 4. The van der Waals surface area contributed by atoms with Gasteiger partial charge in [0.25, 0.3) is 11.6 Å². The molecule has 0 spiro atoms. The van der Waals surface area contributed by atoms with Gasteiger partial charge in [0.15, 0.2) is 11.2 Å². The van der Waals surface area contributed by atoms with Gasteiger partial charge in [-0.25, -0.2) is 9.97 Å². The molecule has 0 saturated heterocycles. The molecule has 0 amide bonds. The van der Waals surface area contributed by atoms with E-state index in [1.54, 1.807) is 0 Å². The van der Waals surface area contributed by atoms with E-state index in [1.807, 2.05) is 0 Å². The molecule has 2 aromatic rings. The first-order chi connectivity index (χ1) is 9.06. The second kappa shape index (κ2) is 5.26. The maximum atomic E-state index is 11.7. The topological polar surface area (TPSA) is 141 Å². The van der Waals surface area contributed by atoms with Crippen LogP contribution in [0, 0.1) is 0 Å². The minimum absolute atomic E-state index is 0.00417. The molecule has 0 aliphatic carbocycles. The summed E-state index contributed by atoms with van der Waals surface area (Å²) in [6.07, 6.45) is -1.68. The van der Waals surface area contributed by atoms with Crippen LogP contribution in [-0.4, -0.2) is 55.1 Å². The molecule has 0 unspecified atom stereocenters. The third-order valence-corrected chi connectivity index (χ3v) is 2.46. The molecule has 9 heteroatoms. The fraction of sp³-hybridized carbons (Fsp3) is 0.400. The molecule has 0 aliphatic heterocycles. The molecule has 102 valence electrons. The molecule has 2 heterocycles. The number of methoxy groups -OCH3 is 1. The first-order valence-corrected chi connectivity index (χ1v) is 5.34. The molecule has 2 rings (SSSR count). The van der Waals surface area contributed by atoms with E-state index in [9.17, 15) is 15.0 Å². The van der Waals surface area contributed by atoms with Gasteiger partial charge in [0.1, 0.15) is 12.2 Å². The van der Waals surface area contributed by atoms with E-state index in [-0.39, 0.29) is 22.9 Å². The second-order valence-electron chi connectivity index (χ2n) is 3.74. The number of fused-ring (bicyclic) bond motifs is 1. The van der Waals surface area contributed by atoms with E-state index in [4.69, 9.17) is 9.84 Å². The predicted octanol–water partition coefficient (Wildman–Crippen LogP) is -1.89. The van der Waals surface area contributed by atoms with Gasteiger partial charge in [0.05, 0.1) is 25.6 Å². The number of aliphatic hydroxyl groups is 3. The minimum atomic E-state index is -1.44. The van der Waals surface area contributed by atoms with E-state index in [1.165, 1.54) is 7.11 Å². The molecule has 2 atom stereocenters. The Kier molecular flexibility index (Phi) is 3.69. The average molecular weight is 268 g/mol. The van der Waals surface area contributed by atoms with Crippen LogP contribution in [0.15, 0.2) is 11.0 Å². The largest absolute Gasteiger partial charge is 0.468 e. The molecular weight excluding hydrogens is 256 g/mol. The molecule has 0 aliphatic rings. The molecule has 0 bridgehead atoms. The molecule has 19 heavy (non-hydrogen) atoms. The minimum Gasteiger partial charge on any atom is -0.468 e. The normalized spacial score (nSPS) is 14.3. The van der Waals surface area contributed by atoms with Gasteiger partial charge < -0.3 is 20.1 Å². The van der Waals surface area contributed by atoms with Crippen molar-refractivity contribution in [2.75, 3.05) is 13.7 Å². The number of hydrogen-bond acceptors (Lipinski definition) is 8. The van der Waals surface area contributed by atoms with Gasteiger partial charge in [-0.05, 0) is 0 Å². The summed E-state index contributed by atoms with van der Waals surface area (Å²) in [4.78, 5) is 25.6. The highest BCUT2D eigenvalue weighted by Gasteiger charge is 2.20. The lowest BCUT2D eigenvalue weighted by atomic mass is 10.1. The Balaban J connectivity index is 2.52. The van der Waals surface area contributed by atoms with Crippen LogP contribution in [0.25, 0.3) is 11.2 Å². The smallest absolute Gasteiger partial charge is 0.298 e. The number of ether oxygens (including phenoxy) is 1. The van der Waals surface area contributed by atoms with Crippen molar-refractivity contribution in [3.63, 3.8) is 0 Å². The van der Waals surface area contributed by atoms with Gasteiger partial charge in [-0.2, -0.15) is 4.98 Å². The lowest BCUT2D eigenvalue weighted by Crippen LogP contribution is -2.24. The Bertz CT molecular complexity index is 643. The number of H-pyrrole nitrogens is 1. The van der Waals surface area contributed by atoms with Crippen LogP contribution in [0.5, 0.6) is 6.01 Å². The van der Waals surface area contributed by atoms with Crippen LogP contribution in [0.2, 0.25) is 0 Å². The summed E-state index contributed by atoms with van der Waals surface area (Å²) in [6.45, 7) is -0.641. The molecular formula is C10H12N4O5. The standard InChI is InChI=1S/C10H12N4O5/c1-19-10-13-8-6(9(18)14-10)12-4(2-11-8)7(17)5(16)3-15/h2,5,7,15-17H,3H2,1H3,(H,11,13,14,18)/t5-,7-/m0/s1. The fourth-order valence-corrected chi connectivity index (χ4v) is 1.45. The third kappa shape index (κ3) is 2.52. The predicted molar refractivity (Wildman–Crippen MR) is 62.6 cm³/mol. The van der Waals surface area contributed by atoms with E-state index in [0.29, 0.717) is 0 Å². The third-order valence-electron chi connectivity index (χ3n) is 2.46. The Morgan fingerprint density at radius 1 is 1.42 bits per heavy atom.